The molecule has 0 aliphatic carbocycles. The number of hydrogen-bond acceptors (Lipinski definition) is 4. The van der Waals surface area contributed by atoms with Gasteiger partial charge in [0.05, 0.1) is 22.8 Å². The van der Waals surface area contributed by atoms with Crippen molar-refractivity contribution in [3.05, 3.63) is 95.0 Å². The molecule has 4 aromatic rings. The van der Waals surface area contributed by atoms with E-state index in [1.165, 1.54) is 6.07 Å². The van der Waals surface area contributed by atoms with Crippen molar-refractivity contribution < 1.29 is 14.3 Å². The summed E-state index contributed by atoms with van der Waals surface area (Å²) in [7, 11) is 0. The van der Waals surface area contributed by atoms with E-state index < -0.39 is 5.97 Å². The van der Waals surface area contributed by atoms with Crippen LogP contribution in [0.15, 0.2) is 65.1 Å². The summed E-state index contributed by atoms with van der Waals surface area (Å²) in [6, 6.07) is 18.8. The first-order valence-corrected chi connectivity index (χ1v) is 10.0. The first kappa shape index (κ1) is 18.1. The van der Waals surface area contributed by atoms with Crippen LogP contribution in [0.5, 0.6) is 0 Å². The van der Waals surface area contributed by atoms with Gasteiger partial charge < -0.3 is 19.5 Å². The zero-order chi connectivity index (χ0) is 21.7. The molecule has 154 valence electrons. The van der Waals surface area contributed by atoms with E-state index in [0.717, 1.165) is 39.1 Å². The van der Waals surface area contributed by atoms with Crippen molar-refractivity contribution in [2.75, 3.05) is 0 Å². The summed E-state index contributed by atoms with van der Waals surface area (Å²) in [4.78, 5) is 27.4. The Labute approximate surface area is 181 Å². The highest BCUT2D eigenvalue weighted by molar-refractivity contribution is 5.93. The van der Waals surface area contributed by atoms with Crippen LogP contribution in [0.25, 0.3) is 45.9 Å². The Bertz CT molecular complexity index is 1610. The summed E-state index contributed by atoms with van der Waals surface area (Å²) in [5.74, 6) is -0.771. The Kier molecular flexibility index (Phi) is 3.94. The van der Waals surface area contributed by atoms with Crippen LogP contribution in [0.1, 0.15) is 39.1 Å². The molecule has 4 aromatic heterocycles. The number of aromatic carboxylic acids is 1. The summed E-state index contributed by atoms with van der Waals surface area (Å²) >= 11 is 0. The molecule has 2 aliphatic heterocycles. The average Bonchev–Trinajstić information content (AvgIpc) is 3.56. The summed E-state index contributed by atoms with van der Waals surface area (Å²) in [6.45, 7) is 0. The predicted octanol–water partition coefficient (Wildman–Crippen LogP) is 5.37. The van der Waals surface area contributed by atoms with Crippen molar-refractivity contribution in [2.24, 2.45) is 0 Å². The van der Waals surface area contributed by atoms with Gasteiger partial charge in [0.15, 0.2) is 0 Å². The number of nitrogens with one attached hydrogen (secondary N) is 2. The van der Waals surface area contributed by atoms with E-state index in [2.05, 4.69) is 15.0 Å². The van der Waals surface area contributed by atoms with Crippen LogP contribution in [0.4, 0.5) is 0 Å². The number of carboxylic acid groups (broad SMARTS) is 1. The molecule has 6 rings (SSSR count). The van der Waals surface area contributed by atoms with E-state index in [4.69, 9.17) is 9.40 Å². The highest BCUT2D eigenvalue weighted by Crippen LogP contribution is 2.30. The van der Waals surface area contributed by atoms with E-state index in [-0.39, 0.29) is 5.76 Å². The Balaban J connectivity index is 1.61. The molecule has 7 nitrogen and oxygen atoms in total. The van der Waals surface area contributed by atoms with Gasteiger partial charge in [0.25, 0.3) is 0 Å². The van der Waals surface area contributed by atoms with Crippen LogP contribution >= 0.6 is 0 Å². The number of fused-ring (bicyclic) bond motifs is 8. The fraction of sp³-hybridized carbons (Fsp3) is 0. The molecule has 3 N–H and O–H groups in total. The van der Waals surface area contributed by atoms with Gasteiger partial charge in [-0.25, -0.2) is 14.8 Å². The molecule has 0 unspecified atom stereocenters. The maximum atomic E-state index is 11.3. The Morgan fingerprint density at radius 3 is 1.94 bits per heavy atom. The molecule has 32 heavy (non-hydrogen) atoms. The third-order valence-electron chi connectivity index (χ3n) is 5.25. The smallest absolute Gasteiger partial charge is 0.371 e. The number of hydrogen-bond donors (Lipinski definition) is 3. The lowest BCUT2D eigenvalue weighted by Gasteiger charge is -1.96. The minimum Gasteiger partial charge on any atom is -0.475 e. The maximum Gasteiger partial charge on any atom is 0.371 e. The maximum absolute atomic E-state index is 11.3. The number of furan rings is 1. The van der Waals surface area contributed by atoms with Crippen molar-refractivity contribution in [3.8, 4) is 0 Å². The molecule has 0 spiro atoms. The highest BCUT2D eigenvalue weighted by atomic mass is 16.4. The first-order chi connectivity index (χ1) is 15.6. The summed E-state index contributed by atoms with van der Waals surface area (Å²) < 4.78 is 5.55. The third kappa shape index (κ3) is 3.31. The van der Waals surface area contributed by atoms with Crippen LogP contribution < -0.4 is 0 Å². The van der Waals surface area contributed by atoms with Gasteiger partial charge in [-0.1, -0.05) is 0 Å². The van der Waals surface area contributed by atoms with Crippen LogP contribution in [0, 0.1) is 0 Å². The molecule has 0 saturated heterocycles. The molecule has 0 atom stereocenters. The molecule has 7 heteroatoms. The Morgan fingerprint density at radius 2 is 1.34 bits per heavy atom. The minimum absolute atomic E-state index is 0.112. The Hall–Kier alpha value is -4.65. The molecular formula is C25H16N4O3. The van der Waals surface area contributed by atoms with Crippen molar-refractivity contribution in [3.63, 3.8) is 0 Å². The monoisotopic (exact) mass is 420 g/mol. The number of aromatic nitrogens is 4. The zero-order valence-corrected chi connectivity index (χ0v) is 16.7. The second-order valence-electron chi connectivity index (χ2n) is 7.56. The predicted molar refractivity (Wildman–Crippen MR) is 123 cm³/mol. The topological polar surface area (TPSA) is 108 Å². The van der Waals surface area contributed by atoms with Gasteiger partial charge in [0.2, 0.25) is 5.76 Å². The number of rotatable bonds is 2. The standard InChI is InChI=1S/C25H16N4O3/c30-25(31)24-8-7-23(32-24)21-12-20-11-18-4-3-16(27-18)9-14-1-2-15(26-14)10-17-5-6-19(28-17)13-22(21)29-20/h1-13,27-28H,(H,30,31). The second kappa shape index (κ2) is 6.95. The lowest BCUT2D eigenvalue weighted by molar-refractivity contribution is 0.0662. The van der Waals surface area contributed by atoms with Crippen LogP contribution in [-0.4, -0.2) is 31.0 Å². The fourth-order valence-corrected chi connectivity index (χ4v) is 3.81. The molecule has 6 heterocycles. The molecule has 0 radical (unpaired) electrons. The number of carbonyl (C=O) groups is 1. The van der Waals surface area contributed by atoms with Crippen molar-refractivity contribution in [1.29, 1.82) is 0 Å². The molecule has 8 bridgehead atoms. The van der Waals surface area contributed by atoms with E-state index in [1.807, 2.05) is 66.8 Å². The normalized spacial score (nSPS) is 12.7. The van der Waals surface area contributed by atoms with Crippen molar-refractivity contribution in [2.45, 2.75) is 0 Å². The van der Waals surface area contributed by atoms with Gasteiger partial charge in [0.1, 0.15) is 5.76 Å². The molecular weight excluding hydrogens is 404 g/mol. The highest BCUT2D eigenvalue weighted by Gasteiger charge is 2.18. The average molecular weight is 420 g/mol. The lowest BCUT2D eigenvalue weighted by atomic mass is 10.1. The molecule has 2 aliphatic rings. The second-order valence-corrected chi connectivity index (χ2v) is 7.56. The van der Waals surface area contributed by atoms with Crippen molar-refractivity contribution >= 4 is 51.8 Å². The molecule has 0 amide bonds. The quantitative estimate of drug-likeness (QED) is 0.349. The summed E-state index contributed by atoms with van der Waals surface area (Å²) in [5, 5.41) is 9.22. The van der Waals surface area contributed by atoms with Gasteiger partial charge in [-0.05, 0) is 78.9 Å². The Morgan fingerprint density at radius 1 is 0.750 bits per heavy atom. The number of aromatic amines is 2. The minimum atomic E-state index is -1.11. The van der Waals surface area contributed by atoms with Gasteiger partial charge in [0, 0.05) is 27.6 Å². The largest absolute Gasteiger partial charge is 0.475 e. The van der Waals surface area contributed by atoms with Crippen LogP contribution in [-0.2, 0) is 0 Å². The summed E-state index contributed by atoms with van der Waals surface area (Å²) in [6.07, 6.45) is 5.85. The van der Waals surface area contributed by atoms with Crippen LogP contribution in [0.2, 0.25) is 0 Å². The van der Waals surface area contributed by atoms with E-state index in [0.29, 0.717) is 17.0 Å². The third-order valence-corrected chi connectivity index (χ3v) is 5.25. The van der Waals surface area contributed by atoms with Gasteiger partial charge in [-0.15, -0.1) is 0 Å². The van der Waals surface area contributed by atoms with Crippen molar-refractivity contribution in [1.82, 2.24) is 19.9 Å². The first-order valence-electron chi connectivity index (χ1n) is 10.0. The van der Waals surface area contributed by atoms with E-state index >= 15 is 0 Å². The van der Waals surface area contributed by atoms with E-state index in [9.17, 15) is 9.90 Å². The van der Waals surface area contributed by atoms with Gasteiger partial charge >= 0.3 is 5.97 Å². The fourth-order valence-electron chi connectivity index (χ4n) is 3.81. The number of carboxylic acids is 1. The lowest BCUT2D eigenvalue weighted by Crippen LogP contribution is -1.92. The van der Waals surface area contributed by atoms with Gasteiger partial charge in [-0.3, -0.25) is 0 Å². The number of nitrogens with zero attached hydrogens (tertiary/aromatic N) is 2. The van der Waals surface area contributed by atoms with Crippen LogP contribution in [0.3, 0.4) is 0 Å². The molecule has 0 aromatic carbocycles. The zero-order valence-electron chi connectivity index (χ0n) is 16.7. The number of H-pyrrole nitrogens is 2. The van der Waals surface area contributed by atoms with E-state index in [1.54, 1.807) is 6.07 Å². The molecule has 0 fully saturated rings. The SMILES string of the molecule is O=C(O)c1ccc(C2=Cc3cc4ccc(cc5nc(cc6ccc(cc2n3)[nH]6)C=C5)[nH]4)o1. The summed E-state index contributed by atoms with van der Waals surface area (Å²) in [5.41, 5.74) is 7.46. The molecule has 0 saturated carbocycles. The van der Waals surface area contributed by atoms with Gasteiger partial charge in [-0.2, -0.15) is 0 Å².